The molecule has 1 N–H and O–H groups in total. The minimum Gasteiger partial charge on any atom is -0.396 e. The molecule has 0 aromatic carbocycles. The molecule has 0 spiro atoms. The average molecular weight is 275 g/mol. The molecule has 0 aliphatic heterocycles. The van der Waals surface area contributed by atoms with E-state index in [1.807, 2.05) is 0 Å². The van der Waals surface area contributed by atoms with E-state index in [-0.39, 0.29) is 6.61 Å². The number of hydrogen-bond acceptors (Lipinski definition) is 4. The molecule has 0 bridgehead atoms. The molecule has 0 atom stereocenters. The van der Waals surface area contributed by atoms with Gasteiger partial charge in [0.25, 0.3) is 10.0 Å². The van der Waals surface area contributed by atoms with Crippen LogP contribution in [-0.2, 0) is 16.4 Å². The van der Waals surface area contributed by atoms with Crippen LogP contribution in [0.25, 0.3) is 0 Å². The van der Waals surface area contributed by atoms with Crippen molar-refractivity contribution < 1.29 is 13.5 Å². The minimum absolute atomic E-state index is 0.0535. The zero-order valence-electron chi connectivity index (χ0n) is 9.80. The van der Waals surface area contributed by atoms with Crippen molar-refractivity contribution >= 4 is 21.4 Å². The monoisotopic (exact) mass is 275 g/mol. The van der Waals surface area contributed by atoms with Crippen molar-refractivity contribution in [3.8, 4) is 0 Å². The molecule has 6 heteroatoms. The Hall–Kier alpha value is -0.430. The molecule has 96 valence electrons. The molecule has 0 saturated heterocycles. The zero-order valence-corrected chi connectivity index (χ0v) is 11.4. The molecule has 0 radical (unpaired) electrons. The van der Waals surface area contributed by atoms with E-state index in [0.717, 1.165) is 17.7 Å². The Kier molecular flexibility index (Phi) is 3.87. The van der Waals surface area contributed by atoms with E-state index < -0.39 is 10.0 Å². The number of sulfonamides is 1. The van der Waals surface area contributed by atoms with Gasteiger partial charge in [0, 0.05) is 31.5 Å². The maximum atomic E-state index is 12.2. The third kappa shape index (κ3) is 3.07. The largest absolute Gasteiger partial charge is 0.396 e. The summed E-state index contributed by atoms with van der Waals surface area (Å²) in [5.74, 6) is 0.548. The lowest BCUT2D eigenvalue weighted by molar-refractivity contribution is 0.300. The molecule has 4 nitrogen and oxygen atoms in total. The van der Waals surface area contributed by atoms with Gasteiger partial charge in [-0.1, -0.05) is 0 Å². The van der Waals surface area contributed by atoms with Crippen LogP contribution in [0.5, 0.6) is 0 Å². The first-order valence-electron chi connectivity index (χ1n) is 5.70. The van der Waals surface area contributed by atoms with Gasteiger partial charge in [-0.3, -0.25) is 0 Å². The minimum atomic E-state index is -3.32. The average Bonchev–Trinajstić information content (AvgIpc) is 2.95. The van der Waals surface area contributed by atoms with Crippen molar-refractivity contribution in [1.82, 2.24) is 4.31 Å². The number of hydrogen-bond donors (Lipinski definition) is 1. The molecule has 0 unspecified atom stereocenters. The fraction of sp³-hybridized carbons (Fsp3) is 0.636. The van der Waals surface area contributed by atoms with E-state index in [4.69, 9.17) is 5.11 Å². The van der Waals surface area contributed by atoms with Gasteiger partial charge in [-0.2, -0.15) is 4.31 Å². The summed E-state index contributed by atoms with van der Waals surface area (Å²) in [6.07, 6.45) is 2.80. The summed E-state index contributed by atoms with van der Waals surface area (Å²) in [6, 6.07) is 3.41. The quantitative estimate of drug-likeness (QED) is 0.851. The van der Waals surface area contributed by atoms with Crippen LogP contribution in [0.2, 0.25) is 0 Å². The van der Waals surface area contributed by atoms with E-state index in [1.54, 1.807) is 19.2 Å². The number of aliphatic hydroxyl groups is 1. The highest BCUT2D eigenvalue weighted by molar-refractivity contribution is 7.91. The molecular weight excluding hydrogens is 258 g/mol. The van der Waals surface area contributed by atoms with Crippen LogP contribution >= 0.6 is 11.3 Å². The Balaban J connectivity index is 2.11. The Morgan fingerprint density at radius 3 is 2.76 bits per heavy atom. The topological polar surface area (TPSA) is 57.6 Å². The summed E-state index contributed by atoms with van der Waals surface area (Å²) in [5, 5.41) is 8.81. The first-order valence-corrected chi connectivity index (χ1v) is 7.95. The second-order valence-electron chi connectivity index (χ2n) is 4.42. The van der Waals surface area contributed by atoms with Crippen LogP contribution in [0, 0.1) is 5.92 Å². The van der Waals surface area contributed by atoms with Gasteiger partial charge in [0.2, 0.25) is 0 Å². The molecule has 17 heavy (non-hydrogen) atoms. The molecule has 1 aliphatic carbocycles. The number of rotatable bonds is 6. The van der Waals surface area contributed by atoms with E-state index in [2.05, 4.69) is 0 Å². The van der Waals surface area contributed by atoms with Gasteiger partial charge in [-0.05, 0) is 30.9 Å². The Morgan fingerprint density at radius 1 is 1.47 bits per heavy atom. The molecule has 1 fully saturated rings. The fourth-order valence-electron chi connectivity index (χ4n) is 1.66. The van der Waals surface area contributed by atoms with Crippen LogP contribution in [0.1, 0.15) is 17.7 Å². The Labute approximate surface area is 106 Å². The summed E-state index contributed by atoms with van der Waals surface area (Å²) in [4.78, 5) is 0.908. The number of nitrogens with zero attached hydrogens (tertiary/aromatic N) is 1. The third-order valence-electron chi connectivity index (χ3n) is 2.87. The van der Waals surface area contributed by atoms with Crippen molar-refractivity contribution in [3.05, 3.63) is 17.0 Å². The maximum absolute atomic E-state index is 12.2. The summed E-state index contributed by atoms with van der Waals surface area (Å²) >= 11 is 1.25. The fourth-order valence-corrected chi connectivity index (χ4v) is 4.46. The molecule has 0 amide bonds. The normalized spacial score (nSPS) is 16.6. The van der Waals surface area contributed by atoms with Gasteiger partial charge in [0.05, 0.1) is 0 Å². The van der Waals surface area contributed by atoms with Crippen molar-refractivity contribution in [1.29, 1.82) is 0 Å². The van der Waals surface area contributed by atoms with Gasteiger partial charge in [-0.25, -0.2) is 8.42 Å². The highest BCUT2D eigenvalue weighted by Crippen LogP contribution is 2.32. The van der Waals surface area contributed by atoms with Crippen molar-refractivity contribution in [3.63, 3.8) is 0 Å². The lowest BCUT2D eigenvalue weighted by Crippen LogP contribution is -2.28. The molecule has 1 aromatic heterocycles. The predicted octanol–water partition coefficient (Wildman–Crippen LogP) is 1.31. The SMILES string of the molecule is CN(CC1CC1)S(=O)(=O)c1ccc(CCO)s1. The predicted molar refractivity (Wildman–Crippen MR) is 67.6 cm³/mol. The summed E-state index contributed by atoms with van der Waals surface area (Å²) in [7, 11) is -1.68. The lowest BCUT2D eigenvalue weighted by Gasteiger charge is -2.15. The first-order chi connectivity index (χ1) is 8.04. The summed E-state index contributed by atoms with van der Waals surface area (Å²) in [6.45, 7) is 0.674. The molecule has 1 heterocycles. The van der Waals surface area contributed by atoms with Crippen LogP contribution < -0.4 is 0 Å². The molecule has 1 aliphatic rings. The van der Waals surface area contributed by atoms with E-state index in [0.29, 0.717) is 23.1 Å². The van der Waals surface area contributed by atoms with E-state index in [9.17, 15) is 8.42 Å². The number of thiophene rings is 1. The van der Waals surface area contributed by atoms with Crippen LogP contribution in [0.3, 0.4) is 0 Å². The van der Waals surface area contributed by atoms with Crippen LogP contribution in [0.15, 0.2) is 16.3 Å². The van der Waals surface area contributed by atoms with Crippen molar-refractivity contribution in [2.24, 2.45) is 5.92 Å². The van der Waals surface area contributed by atoms with Gasteiger partial charge in [0.1, 0.15) is 4.21 Å². The first kappa shape index (κ1) is 13.0. The third-order valence-corrected chi connectivity index (χ3v) is 6.31. The maximum Gasteiger partial charge on any atom is 0.252 e. The van der Waals surface area contributed by atoms with Gasteiger partial charge in [-0.15, -0.1) is 11.3 Å². The summed E-state index contributed by atoms with van der Waals surface area (Å²) in [5.41, 5.74) is 0. The highest BCUT2D eigenvalue weighted by Gasteiger charge is 2.29. The second kappa shape index (κ2) is 5.06. The smallest absolute Gasteiger partial charge is 0.252 e. The van der Waals surface area contributed by atoms with E-state index >= 15 is 0 Å². The molecule has 2 rings (SSSR count). The Bertz CT molecular complexity index is 477. The summed E-state index contributed by atoms with van der Waals surface area (Å²) < 4.78 is 26.2. The number of aliphatic hydroxyl groups excluding tert-OH is 1. The van der Waals surface area contributed by atoms with Crippen molar-refractivity contribution in [2.75, 3.05) is 20.2 Å². The van der Waals surface area contributed by atoms with Gasteiger partial charge >= 0.3 is 0 Å². The standard InChI is InChI=1S/C11H17NO3S2/c1-12(8-9-2-3-9)17(14,15)11-5-4-10(16-11)6-7-13/h4-5,9,13H,2-3,6-8H2,1H3. The van der Waals surface area contributed by atoms with Crippen molar-refractivity contribution in [2.45, 2.75) is 23.5 Å². The van der Waals surface area contributed by atoms with Gasteiger partial charge in [0.15, 0.2) is 0 Å². The van der Waals surface area contributed by atoms with Crippen LogP contribution in [-0.4, -0.2) is 38.0 Å². The highest BCUT2D eigenvalue weighted by atomic mass is 32.2. The molecular formula is C11H17NO3S2. The van der Waals surface area contributed by atoms with Crippen LogP contribution in [0.4, 0.5) is 0 Å². The Morgan fingerprint density at radius 2 is 2.18 bits per heavy atom. The molecule has 1 aromatic rings. The molecule has 1 saturated carbocycles. The zero-order chi connectivity index (χ0) is 12.5. The van der Waals surface area contributed by atoms with Gasteiger partial charge < -0.3 is 5.11 Å². The second-order valence-corrected chi connectivity index (χ2v) is 7.86. The van der Waals surface area contributed by atoms with E-state index in [1.165, 1.54) is 15.6 Å². The lowest BCUT2D eigenvalue weighted by atomic mass is 10.4.